The van der Waals surface area contributed by atoms with Crippen molar-refractivity contribution in [1.29, 1.82) is 0 Å². The van der Waals surface area contributed by atoms with Crippen molar-refractivity contribution in [2.24, 2.45) is 0 Å². The van der Waals surface area contributed by atoms with Crippen LogP contribution >= 0.6 is 0 Å². The van der Waals surface area contributed by atoms with E-state index >= 15 is 0 Å². The van der Waals surface area contributed by atoms with Gasteiger partial charge in [0.05, 0.1) is 6.54 Å². The highest BCUT2D eigenvalue weighted by atomic mass is 16.5. The molecule has 5 nitrogen and oxygen atoms in total. The van der Waals surface area contributed by atoms with Gasteiger partial charge in [0.25, 0.3) is 0 Å². The van der Waals surface area contributed by atoms with Crippen molar-refractivity contribution in [3.8, 4) is 0 Å². The van der Waals surface area contributed by atoms with Gasteiger partial charge >= 0.3 is 0 Å². The molecule has 1 N–H and O–H groups in total. The average Bonchev–Trinajstić information content (AvgIpc) is 3.01. The first-order chi connectivity index (χ1) is 11.2. The summed E-state index contributed by atoms with van der Waals surface area (Å²) in [6.45, 7) is 1.97. The highest BCUT2D eigenvalue weighted by Gasteiger charge is 2.07. The second-order valence-electron chi connectivity index (χ2n) is 5.26. The molecule has 3 rings (SSSR count). The quantitative estimate of drug-likeness (QED) is 0.706. The average molecular weight is 307 g/mol. The molecule has 0 bridgehead atoms. The van der Waals surface area contributed by atoms with E-state index in [0.29, 0.717) is 30.2 Å². The Bertz CT molecular complexity index is 797. The normalized spacial score (nSPS) is 10.5. The maximum atomic E-state index is 11.4. The molecule has 2 aromatic carbocycles. The third-order valence-corrected chi connectivity index (χ3v) is 3.43. The number of ketones is 1. The zero-order valence-corrected chi connectivity index (χ0v) is 12.8. The van der Waals surface area contributed by atoms with Gasteiger partial charge in [-0.1, -0.05) is 47.6 Å². The molecule has 3 aromatic rings. The molecule has 0 aliphatic carbocycles. The summed E-state index contributed by atoms with van der Waals surface area (Å²) in [5.74, 6) is 1.21. The molecule has 0 amide bonds. The minimum Gasteiger partial charge on any atom is -0.376 e. The summed E-state index contributed by atoms with van der Waals surface area (Å²) in [5.41, 5.74) is 2.66. The molecule has 1 heterocycles. The number of carbonyl (C=O) groups excluding carboxylic acids is 1. The Hall–Kier alpha value is -2.95. The van der Waals surface area contributed by atoms with E-state index in [0.717, 1.165) is 11.3 Å². The summed E-state index contributed by atoms with van der Waals surface area (Å²) in [6, 6.07) is 17.3. The van der Waals surface area contributed by atoms with E-state index in [1.165, 1.54) is 0 Å². The standard InChI is InChI=1S/C18H17N3O2/c1-13(22)15-8-5-9-16(11-15)19-12-18-20-17(21-23-18)10-14-6-3-2-4-7-14/h2-9,11,19H,10,12H2,1H3. The number of benzene rings is 2. The van der Waals surface area contributed by atoms with Crippen LogP contribution in [0.2, 0.25) is 0 Å². The molecule has 0 atom stereocenters. The van der Waals surface area contributed by atoms with Crippen LogP contribution in [-0.2, 0) is 13.0 Å². The predicted octanol–water partition coefficient (Wildman–Crippen LogP) is 3.48. The van der Waals surface area contributed by atoms with Gasteiger partial charge in [0.2, 0.25) is 5.89 Å². The fourth-order valence-electron chi connectivity index (χ4n) is 2.24. The van der Waals surface area contributed by atoms with Crippen molar-refractivity contribution in [3.63, 3.8) is 0 Å². The van der Waals surface area contributed by atoms with Gasteiger partial charge in [0.15, 0.2) is 11.6 Å². The maximum absolute atomic E-state index is 11.4. The van der Waals surface area contributed by atoms with Crippen molar-refractivity contribution < 1.29 is 9.32 Å². The van der Waals surface area contributed by atoms with E-state index in [2.05, 4.69) is 15.5 Å². The third-order valence-electron chi connectivity index (χ3n) is 3.43. The number of hydrogen-bond donors (Lipinski definition) is 1. The summed E-state index contributed by atoms with van der Waals surface area (Å²) < 4.78 is 5.25. The maximum Gasteiger partial charge on any atom is 0.245 e. The number of aromatic nitrogens is 2. The first-order valence-corrected chi connectivity index (χ1v) is 7.41. The molecule has 0 unspecified atom stereocenters. The van der Waals surface area contributed by atoms with E-state index in [-0.39, 0.29) is 5.78 Å². The van der Waals surface area contributed by atoms with Crippen molar-refractivity contribution in [2.45, 2.75) is 19.9 Å². The molecule has 0 saturated carbocycles. The van der Waals surface area contributed by atoms with Gasteiger partial charge in [-0.3, -0.25) is 4.79 Å². The Morgan fingerprint density at radius 1 is 1.13 bits per heavy atom. The number of anilines is 1. The number of rotatable bonds is 6. The molecule has 0 aliphatic rings. The van der Waals surface area contributed by atoms with Crippen LogP contribution in [0.1, 0.15) is 34.6 Å². The summed E-state index contributed by atoms with van der Waals surface area (Å²) in [5, 5.41) is 7.17. The fraction of sp³-hybridized carbons (Fsp3) is 0.167. The van der Waals surface area contributed by atoms with Crippen LogP contribution < -0.4 is 5.32 Å². The highest BCUT2D eigenvalue weighted by Crippen LogP contribution is 2.13. The summed E-state index contributed by atoms with van der Waals surface area (Å²) >= 11 is 0. The van der Waals surface area contributed by atoms with Crippen molar-refractivity contribution in [3.05, 3.63) is 77.4 Å². The smallest absolute Gasteiger partial charge is 0.245 e. The van der Waals surface area contributed by atoms with E-state index in [1.54, 1.807) is 13.0 Å². The first kappa shape index (κ1) is 15.0. The van der Waals surface area contributed by atoms with Crippen LogP contribution in [0.4, 0.5) is 5.69 Å². The molecule has 0 fully saturated rings. The lowest BCUT2D eigenvalue weighted by Crippen LogP contribution is -2.01. The lowest BCUT2D eigenvalue weighted by atomic mass is 10.1. The van der Waals surface area contributed by atoms with Crippen LogP contribution in [0.25, 0.3) is 0 Å². The largest absolute Gasteiger partial charge is 0.376 e. The van der Waals surface area contributed by atoms with Gasteiger partial charge in [-0.05, 0) is 24.6 Å². The lowest BCUT2D eigenvalue weighted by molar-refractivity contribution is 0.101. The monoisotopic (exact) mass is 307 g/mol. The molecule has 0 spiro atoms. The topological polar surface area (TPSA) is 68.0 Å². The van der Waals surface area contributed by atoms with Crippen molar-refractivity contribution >= 4 is 11.5 Å². The number of hydrogen-bond acceptors (Lipinski definition) is 5. The van der Waals surface area contributed by atoms with Crippen LogP contribution in [0.15, 0.2) is 59.1 Å². The van der Waals surface area contributed by atoms with E-state index in [4.69, 9.17) is 4.52 Å². The Kier molecular flexibility index (Phi) is 4.47. The van der Waals surface area contributed by atoms with E-state index in [9.17, 15) is 4.79 Å². The summed E-state index contributed by atoms with van der Waals surface area (Å²) in [4.78, 5) is 15.8. The zero-order valence-electron chi connectivity index (χ0n) is 12.8. The first-order valence-electron chi connectivity index (χ1n) is 7.41. The van der Waals surface area contributed by atoms with Gasteiger partial charge in [0.1, 0.15) is 0 Å². The third kappa shape index (κ3) is 4.03. The van der Waals surface area contributed by atoms with Gasteiger partial charge < -0.3 is 9.84 Å². The van der Waals surface area contributed by atoms with E-state index < -0.39 is 0 Å². The van der Waals surface area contributed by atoms with Gasteiger partial charge in [0, 0.05) is 17.7 Å². The number of Topliss-reactive ketones (excluding diaryl/α,β-unsaturated/α-hetero) is 1. The SMILES string of the molecule is CC(=O)c1cccc(NCc2nc(Cc3ccccc3)no2)c1. The molecule has 0 radical (unpaired) electrons. The molecule has 23 heavy (non-hydrogen) atoms. The van der Waals surface area contributed by atoms with Gasteiger partial charge in [-0.2, -0.15) is 4.98 Å². The minimum absolute atomic E-state index is 0.0385. The Morgan fingerprint density at radius 2 is 1.96 bits per heavy atom. The molecule has 1 aromatic heterocycles. The van der Waals surface area contributed by atoms with E-state index in [1.807, 2.05) is 48.5 Å². The predicted molar refractivity (Wildman–Crippen MR) is 87.3 cm³/mol. The minimum atomic E-state index is 0.0385. The van der Waals surface area contributed by atoms with Crippen molar-refractivity contribution in [1.82, 2.24) is 10.1 Å². The molecule has 0 saturated heterocycles. The highest BCUT2D eigenvalue weighted by molar-refractivity contribution is 5.94. The second kappa shape index (κ2) is 6.87. The Morgan fingerprint density at radius 3 is 2.74 bits per heavy atom. The molecule has 116 valence electrons. The van der Waals surface area contributed by atoms with Crippen LogP contribution in [0.5, 0.6) is 0 Å². The molecule has 5 heteroatoms. The van der Waals surface area contributed by atoms with Crippen molar-refractivity contribution in [2.75, 3.05) is 5.32 Å². The molecule has 0 aliphatic heterocycles. The Balaban J connectivity index is 1.61. The second-order valence-corrected chi connectivity index (χ2v) is 5.26. The van der Waals surface area contributed by atoms with Crippen LogP contribution in [-0.4, -0.2) is 15.9 Å². The number of carbonyl (C=O) groups is 1. The van der Waals surface area contributed by atoms with Crippen LogP contribution in [0, 0.1) is 0 Å². The Labute approximate surface area is 134 Å². The zero-order chi connectivity index (χ0) is 16.1. The summed E-state index contributed by atoms with van der Waals surface area (Å²) in [6.07, 6.45) is 0.643. The number of nitrogens with one attached hydrogen (secondary N) is 1. The van der Waals surface area contributed by atoms with Gasteiger partial charge in [-0.25, -0.2) is 0 Å². The molecular weight excluding hydrogens is 290 g/mol. The molecular formula is C18H17N3O2. The van der Waals surface area contributed by atoms with Crippen LogP contribution in [0.3, 0.4) is 0 Å². The summed E-state index contributed by atoms with van der Waals surface area (Å²) in [7, 11) is 0. The number of nitrogens with zero attached hydrogens (tertiary/aromatic N) is 2. The lowest BCUT2D eigenvalue weighted by Gasteiger charge is -2.04. The fourth-order valence-corrected chi connectivity index (χ4v) is 2.24. The van der Waals surface area contributed by atoms with Gasteiger partial charge in [-0.15, -0.1) is 0 Å².